The van der Waals surface area contributed by atoms with Crippen molar-refractivity contribution in [2.24, 2.45) is 0 Å². The van der Waals surface area contributed by atoms with E-state index < -0.39 is 4.92 Å². The molecule has 0 radical (unpaired) electrons. The first kappa shape index (κ1) is 9.84. The van der Waals surface area contributed by atoms with Crippen LogP contribution in [-0.4, -0.2) is 4.92 Å². The van der Waals surface area contributed by atoms with Crippen LogP contribution in [0.15, 0.2) is 24.3 Å². The Bertz CT molecular complexity index is 267. The van der Waals surface area contributed by atoms with E-state index in [0.29, 0.717) is 0 Å². The molecule has 0 fully saturated rings. The van der Waals surface area contributed by atoms with Gasteiger partial charge in [0.1, 0.15) is 5.02 Å². The Morgan fingerprint density at radius 3 is 2.27 bits per heavy atom. The van der Waals surface area contributed by atoms with E-state index in [1.54, 1.807) is 12.1 Å². The standard InChI is InChI=1S/C6H4ClNO2.FH/c7-5-3-1-2-4-6(5)8(9)10;/h1-4H;1H. The zero-order valence-corrected chi connectivity index (χ0v) is 6.12. The summed E-state index contributed by atoms with van der Waals surface area (Å²) in [6.45, 7) is 0. The lowest BCUT2D eigenvalue weighted by atomic mass is 10.3. The Hall–Kier alpha value is -1.16. The highest BCUT2D eigenvalue weighted by atomic mass is 35.5. The lowest BCUT2D eigenvalue weighted by molar-refractivity contribution is -0.384. The van der Waals surface area contributed by atoms with E-state index >= 15 is 0 Å². The third-order valence-electron chi connectivity index (χ3n) is 1.05. The average Bonchev–Trinajstić information content (AvgIpc) is 1.88. The van der Waals surface area contributed by atoms with Crippen molar-refractivity contribution >= 4 is 17.3 Å². The third kappa shape index (κ3) is 2.16. The second kappa shape index (κ2) is 3.88. The molecule has 0 saturated heterocycles. The summed E-state index contributed by atoms with van der Waals surface area (Å²) in [6.07, 6.45) is 0. The molecule has 1 rings (SSSR count). The molecular formula is C6H5ClFNO2. The monoisotopic (exact) mass is 177 g/mol. The van der Waals surface area contributed by atoms with Crippen LogP contribution in [0, 0.1) is 10.1 Å². The molecule has 0 bridgehead atoms. The van der Waals surface area contributed by atoms with Crippen LogP contribution in [0.1, 0.15) is 0 Å². The van der Waals surface area contributed by atoms with Crippen molar-refractivity contribution in [2.45, 2.75) is 0 Å². The van der Waals surface area contributed by atoms with Gasteiger partial charge in [0.15, 0.2) is 0 Å². The molecule has 0 aliphatic carbocycles. The van der Waals surface area contributed by atoms with Gasteiger partial charge in [0.25, 0.3) is 5.69 Å². The van der Waals surface area contributed by atoms with Crippen molar-refractivity contribution in [3.63, 3.8) is 0 Å². The number of nitro benzene ring substituents is 1. The molecule has 0 unspecified atom stereocenters. The van der Waals surface area contributed by atoms with Gasteiger partial charge in [-0.3, -0.25) is 14.8 Å². The van der Waals surface area contributed by atoms with Crippen LogP contribution >= 0.6 is 11.6 Å². The van der Waals surface area contributed by atoms with Gasteiger partial charge in [-0.15, -0.1) is 0 Å². The van der Waals surface area contributed by atoms with Gasteiger partial charge >= 0.3 is 0 Å². The number of rotatable bonds is 1. The normalized spacial score (nSPS) is 8.45. The molecule has 0 atom stereocenters. The lowest BCUT2D eigenvalue weighted by Crippen LogP contribution is -1.87. The molecule has 0 saturated carbocycles. The Morgan fingerprint density at radius 2 is 1.91 bits per heavy atom. The maximum atomic E-state index is 10.1. The Kier molecular flexibility index (Phi) is 3.47. The first-order valence-corrected chi connectivity index (χ1v) is 2.98. The number of halogens is 2. The van der Waals surface area contributed by atoms with Crippen molar-refractivity contribution in [3.8, 4) is 0 Å². The molecule has 5 heteroatoms. The summed E-state index contributed by atoms with van der Waals surface area (Å²) in [5, 5.41) is 10.3. The van der Waals surface area contributed by atoms with Crippen LogP contribution in [0.25, 0.3) is 0 Å². The van der Waals surface area contributed by atoms with Gasteiger partial charge in [0.2, 0.25) is 0 Å². The summed E-state index contributed by atoms with van der Waals surface area (Å²) >= 11 is 5.48. The highest BCUT2D eigenvalue weighted by Crippen LogP contribution is 2.21. The first-order chi connectivity index (χ1) is 4.72. The van der Waals surface area contributed by atoms with E-state index in [-0.39, 0.29) is 15.4 Å². The van der Waals surface area contributed by atoms with Gasteiger partial charge in [-0.05, 0) is 6.07 Å². The van der Waals surface area contributed by atoms with Crippen LogP contribution in [0.2, 0.25) is 5.02 Å². The Labute approximate surface area is 67.1 Å². The third-order valence-corrected chi connectivity index (χ3v) is 1.37. The van der Waals surface area contributed by atoms with E-state index in [2.05, 4.69) is 0 Å². The highest BCUT2D eigenvalue weighted by Gasteiger charge is 2.08. The molecule has 0 N–H and O–H groups in total. The molecular weight excluding hydrogens is 173 g/mol. The fourth-order valence-electron chi connectivity index (χ4n) is 0.600. The summed E-state index contributed by atoms with van der Waals surface area (Å²) in [5.41, 5.74) is -0.0517. The summed E-state index contributed by atoms with van der Waals surface area (Å²) < 4.78 is 0. The lowest BCUT2D eigenvalue weighted by Gasteiger charge is -1.90. The minimum absolute atomic E-state index is 0. The molecule has 0 aliphatic rings. The summed E-state index contributed by atoms with van der Waals surface area (Å²) in [7, 11) is 0. The fraction of sp³-hybridized carbons (Fsp3) is 0. The van der Waals surface area contributed by atoms with Gasteiger partial charge in [-0.1, -0.05) is 23.7 Å². The van der Waals surface area contributed by atoms with Crippen LogP contribution in [-0.2, 0) is 0 Å². The molecule has 0 amide bonds. The maximum absolute atomic E-state index is 10.1. The average molecular weight is 178 g/mol. The molecule has 11 heavy (non-hydrogen) atoms. The van der Waals surface area contributed by atoms with Crippen LogP contribution in [0.3, 0.4) is 0 Å². The van der Waals surface area contributed by atoms with E-state index in [1.165, 1.54) is 12.1 Å². The molecule has 0 heterocycles. The smallest absolute Gasteiger partial charge is 0.269 e. The van der Waals surface area contributed by atoms with E-state index in [0.717, 1.165) is 0 Å². The van der Waals surface area contributed by atoms with E-state index in [1.807, 2.05) is 0 Å². The minimum Gasteiger partial charge on any atom is -0.269 e. The topological polar surface area (TPSA) is 43.1 Å². The van der Waals surface area contributed by atoms with Gasteiger partial charge < -0.3 is 0 Å². The Balaban J connectivity index is 0.000001000. The van der Waals surface area contributed by atoms with Crippen LogP contribution in [0.4, 0.5) is 10.4 Å². The Morgan fingerprint density at radius 1 is 1.36 bits per heavy atom. The zero-order valence-electron chi connectivity index (χ0n) is 5.36. The van der Waals surface area contributed by atoms with Crippen molar-refractivity contribution in [2.75, 3.05) is 0 Å². The first-order valence-electron chi connectivity index (χ1n) is 2.61. The van der Waals surface area contributed by atoms with Crippen LogP contribution in [0.5, 0.6) is 0 Å². The van der Waals surface area contributed by atoms with Gasteiger partial charge in [-0.2, -0.15) is 0 Å². The van der Waals surface area contributed by atoms with E-state index in [9.17, 15) is 10.1 Å². The molecule has 0 spiro atoms. The molecule has 1 aromatic rings. The second-order valence-corrected chi connectivity index (χ2v) is 2.12. The molecule has 60 valence electrons. The summed E-state index contributed by atoms with van der Waals surface area (Å²) in [5.74, 6) is 0. The van der Waals surface area contributed by atoms with Crippen molar-refractivity contribution in [1.29, 1.82) is 0 Å². The number of hydrogen-bond donors (Lipinski definition) is 0. The number of para-hydroxylation sites is 1. The number of benzene rings is 1. The second-order valence-electron chi connectivity index (χ2n) is 1.71. The van der Waals surface area contributed by atoms with Crippen LogP contribution < -0.4 is 0 Å². The van der Waals surface area contributed by atoms with Crippen molar-refractivity contribution in [3.05, 3.63) is 39.4 Å². The van der Waals surface area contributed by atoms with Gasteiger partial charge in [-0.25, -0.2) is 0 Å². The van der Waals surface area contributed by atoms with Crippen molar-refractivity contribution < 1.29 is 9.63 Å². The fourth-order valence-corrected chi connectivity index (χ4v) is 0.805. The predicted molar refractivity (Wildman–Crippen MR) is 40.6 cm³/mol. The zero-order chi connectivity index (χ0) is 7.56. The number of nitro groups is 1. The largest absolute Gasteiger partial charge is 0.287 e. The summed E-state index contributed by atoms with van der Waals surface area (Å²) in [6, 6.07) is 6.07. The quantitative estimate of drug-likeness (QED) is 0.488. The number of hydrogen-bond acceptors (Lipinski definition) is 2. The van der Waals surface area contributed by atoms with E-state index in [4.69, 9.17) is 11.6 Å². The maximum Gasteiger partial charge on any atom is 0.287 e. The van der Waals surface area contributed by atoms with Gasteiger partial charge in [0, 0.05) is 6.07 Å². The predicted octanol–water partition coefficient (Wildman–Crippen LogP) is 2.40. The molecule has 0 aromatic heterocycles. The highest BCUT2D eigenvalue weighted by molar-refractivity contribution is 6.32. The molecule has 0 aliphatic heterocycles. The minimum atomic E-state index is -0.512. The summed E-state index contributed by atoms with van der Waals surface area (Å²) in [4.78, 5) is 9.63. The SMILES string of the molecule is F.O=[N+]([O-])c1ccccc1Cl. The number of nitrogens with zero attached hydrogens (tertiary/aromatic N) is 1. The molecule has 1 aromatic carbocycles. The van der Waals surface area contributed by atoms with Gasteiger partial charge in [0.05, 0.1) is 4.92 Å². The molecule has 3 nitrogen and oxygen atoms in total. The van der Waals surface area contributed by atoms with Crippen molar-refractivity contribution in [1.82, 2.24) is 0 Å².